The Morgan fingerprint density at radius 3 is 2.85 bits per heavy atom. The SMILES string of the molecule is Cc1cc(C)c(O)c(-c2cc(C(=O)Nc3nc4ccc(F)cc4s3)[nH]n2)c1. The molecule has 0 saturated carbocycles. The van der Waals surface area contributed by atoms with E-state index in [0.717, 1.165) is 11.1 Å². The number of benzene rings is 2. The summed E-state index contributed by atoms with van der Waals surface area (Å²) in [6.07, 6.45) is 0. The molecule has 0 aliphatic heterocycles. The molecule has 0 atom stereocenters. The molecule has 0 radical (unpaired) electrons. The molecule has 0 bridgehead atoms. The lowest BCUT2D eigenvalue weighted by atomic mass is 10.0. The molecule has 4 aromatic rings. The first-order valence-electron chi connectivity index (χ1n) is 8.14. The number of phenolic OH excluding ortho intramolecular Hbond substituents is 1. The van der Waals surface area contributed by atoms with Gasteiger partial charge in [-0.15, -0.1) is 0 Å². The van der Waals surface area contributed by atoms with Crippen LogP contribution in [0.3, 0.4) is 0 Å². The Kier molecular flexibility index (Phi) is 4.12. The van der Waals surface area contributed by atoms with Crippen LogP contribution in [0, 0.1) is 19.7 Å². The lowest BCUT2D eigenvalue weighted by Crippen LogP contribution is -2.11. The van der Waals surface area contributed by atoms with Crippen LogP contribution < -0.4 is 5.32 Å². The summed E-state index contributed by atoms with van der Waals surface area (Å²) >= 11 is 1.19. The van der Waals surface area contributed by atoms with Crippen molar-refractivity contribution in [2.24, 2.45) is 0 Å². The Labute approximate surface area is 157 Å². The van der Waals surface area contributed by atoms with Crippen molar-refractivity contribution < 1.29 is 14.3 Å². The number of halogens is 1. The van der Waals surface area contributed by atoms with Crippen LogP contribution in [0.1, 0.15) is 21.6 Å². The van der Waals surface area contributed by atoms with E-state index in [0.29, 0.717) is 26.6 Å². The third-order valence-corrected chi connectivity index (χ3v) is 5.05. The van der Waals surface area contributed by atoms with Crippen LogP contribution in [0.5, 0.6) is 5.75 Å². The molecule has 4 rings (SSSR count). The van der Waals surface area contributed by atoms with E-state index >= 15 is 0 Å². The van der Waals surface area contributed by atoms with Gasteiger partial charge < -0.3 is 5.11 Å². The van der Waals surface area contributed by atoms with E-state index in [1.807, 2.05) is 26.0 Å². The number of hydrogen-bond acceptors (Lipinski definition) is 5. The van der Waals surface area contributed by atoms with Crippen LogP contribution in [0.15, 0.2) is 36.4 Å². The smallest absolute Gasteiger partial charge is 0.275 e. The van der Waals surface area contributed by atoms with Gasteiger partial charge >= 0.3 is 0 Å². The highest BCUT2D eigenvalue weighted by Crippen LogP contribution is 2.32. The zero-order valence-corrected chi connectivity index (χ0v) is 15.3. The second-order valence-electron chi connectivity index (χ2n) is 6.23. The van der Waals surface area contributed by atoms with Crippen molar-refractivity contribution in [3.05, 3.63) is 59.0 Å². The van der Waals surface area contributed by atoms with Gasteiger partial charge in [0.05, 0.1) is 15.9 Å². The van der Waals surface area contributed by atoms with Gasteiger partial charge in [-0.3, -0.25) is 15.2 Å². The fourth-order valence-corrected chi connectivity index (χ4v) is 3.73. The number of fused-ring (bicyclic) bond motifs is 1. The summed E-state index contributed by atoms with van der Waals surface area (Å²) in [4.78, 5) is 16.7. The minimum absolute atomic E-state index is 0.132. The number of hydrogen-bond donors (Lipinski definition) is 3. The number of H-pyrrole nitrogens is 1. The van der Waals surface area contributed by atoms with Gasteiger partial charge in [0.25, 0.3) is 5.91 Å². The number of anilines is 1. The molecule has 1 amide bonds. The highest BCUT2D eigenvalue weighted by molar-refractivity contribution is 7.22. The molecule has 27 heavy (non-hydrogen) atoms. The number of carbonyl (C=O) groups is 1. The first-order chi connectivity index (χ1) is 12.9. The van der Waals surface area contributed by atoms with Crippen LogP contribution in [-0.2, 0) is 0 Å². The van der Waals surface area contributed by atoms with Gasteiger partial charge in [0.1, 0.15) is 17.3 Å². The summed E-state index contributed by atoms with van der Waals surface area (Å²) in [5.41, 5.74) is 3.59. The van der Waals surface area contributed by atoms with Crippen molar-refractivity contribution in [2.45, 2.75) is 13.8 Å². The van der Waals surface area contributed by atoms with Gasteiger partial charge in [-0.05, 0) is 55.3 Å². The zero-order valence-electron chi connectivity index (χ0n) is 14.5. The average molecular weight is 382 g/mol. The maximum Gasteiger partial charge on any atom is 0.275 e. The van der Waals surface area contributed by atoms with Crippen molar-refractivity contribution in [2.75, 3.05) is 5.32 Å². The van der Waals surface area contributed by atoms with E-state index in [9.17, 15) is 14.3 Å². The topological polar surface area (TPSA) is 90.9 Å². The number of nitrogens with one attached hydrogen (secondary N) is 2. The molecule has 0 saturated heterocycles. The van der Waals surface area contributed by atoms with Gasteiger partial charge in [-0.2, -0.15) is 5.10 Å². The fraction of sp³-hybridized carbons (Fsp3) is 0.105. The van der Waals surface area contributed by atoms with E-state index in [4.69, 9.17) is 0 Å². The number of phenols is 1. The monoisotopic (exact) mass is 382 g/mol. The van der Waals surface area contributed by atoms with E-state index in [2.05, 4.69) is 20.5 Å². The molecule has 8 heteroatoms. The molecular weight excluding hydrogens is 367 g/mol. The maximum atomic E-state index is 13.3. The number of aromatic nitrogens is 3. The fourth-order valence-electron chi connectivity index (χ4n) is 2.85. The third kappa shape index (κ3) is 3.26. The molecule has 0 unspecified atom stereocenters. The summed E-state index contributed by atoms with van der Waals surface area (Å²) in [5.74, 6) is -0.639. The van der Waals surface area contributed by atoms with Gasteiger partial charge in [0.2, 0.25) is 0 Å². The largest absolute Gasteiger partial charge is 0.507 e. The number of amides is 1. The third-order valence-electron chi connectivity index (χ3n) is 4.11. The predicted octanol–water partition coefficient (Wildman–Crippen LogP) is 4.40. The van der Waals surface area contributed by atoms with Crippen molar-refractivity contribution in [3.8, 4) is 17.0 Å². The summed E-state index contributed by atoms with van der Waals surface area (Å²) in [6.45, 7) is 3.73. The Bertz CT molecular complexity index is 1180. The van der Waals surface area contributed by atoms with Crippen LogP contribution in [0.25, 0.3) is 21.5 Å². The number of thiazole rings is 1. The zero-order chi connectivity index (χ0) is 19.1. The van der Waals surface area contributed by atoms with Crippen molar-refractivity contribution in [3.63, 3.8) is 0 Å². The minimum atomic E-state index is -0.419. The van der Waals surface area contributed by atoms with Crippen LogP contribution >= 0.6 is 11.3 Å². The normalized spacial score (nSPS) is 11.1. The highest BCUT2D eigenvalue weighted by Gasteiger charge is 2.16. The Balaban J connectivity index is 1.60. The van der Waals surface area contributed by atoms with E-state index < -0.39 is 5.91 Å². The highest BCUT2D eigenvalue weighted by atomic mass is 32.1. The van der Waals surface area contributed by atoms with Crippen LogP contribution in [0.4, 0.5) is 9.52 Å². The first-order valence-corrected chi connectivity index (χ1v) is 8.96. The number of nitrogens with zero attached hydrogens (tertiary/aromatic N) is 2. The average Bonchev–Trinajstić information content (AvgIpc) is 3.24. The summed E-state index contributed by atoms with van der Waals surface area (Å²) in [5, 5.41) is 20.1. The van der Waals surface area contributed by atoms with Gasteiger partial charge in [-0.1, -0.05) is 17.4 Å². The summed E-state index contributed by atoms with van der Waals surface area (Å²) in [6, 6.07) is 9.51. The van der Waals surface area contributed by atoms with Gasteiger partial charge in [0, 0.05) is 5.56 Å². The number of aromatic hydroxyl groups is 1. The van der Waals surface area contributed by atoms with Crippen LogP contribution in [-0.4, -0.2) is 26.2 Å². The molecule has 6 nitrogen and oxygen atoms in total. The molecule has 0 fully saturated rings. The van der Waals surface area contributed by atoms with Gasteiger partial charge in [0.15, 0.2) is 5.13 Å². The Morgan fingerprint density at radius 1 is 1.22 bits per heavy atom. The van der Waals surface area contributed by atoms with Crippen LogP contribution in [0.2, 0.25) is 0 Å². The second-order valence-corrected chi connectivity index (χ2v) is 7.26. The van der Waals surface area contributed by atoms with Crippen molar-refractivity contribution >= 4 is 32.6 Å². The van der Waals surface area contributed by atoms with Crippen molar-refractivity contribution in [1.82, 2.24) is 15.2 Å². The number of carbonyl (C=O) groups excluding carboxylic acids is 1. The number of rotatable bonds is 3. The molecule has 3 N–H and O–H groups in total. The molecule has 0 aliphatic carbocycles. The predicted molar refractivity (Wildman–Crippen MR) is 103 cm³/mol. The van der Waals surface area contributed by atoms with E-state index in [-0.39, 0.29) is 17.3 Å². The number of aryl methyl sites for hydroxylation is 2. The lowest BCUT2D eigenvalue weighted by Gasteiger charge is -2.06. The van der Waals surface area contributed by atoms with Crippen molar-refractivity contribution in [1.29, 1.82) is 0 Å². The quantitative estimate of drug-likeness (QED) is 0.490. The second kappa shape index (κ2) is 6.48. The molecular formula is C19H15FN4O2S. The lowest BCUT2D eigenvalue weighted by molar-refractivity contribution is 0.102. The summed E-state index contributed by atoms with van der Waals surface area (Å²) < 4.78 is 13.9. The van der Waals surface area contributed by atoms with Gasteiger partial charge in [-0.25, -0.2) is 9.37 Å². The molecule has 0 aliphatic rings. The van der Waals surface area contributed by atoms with E-state index in [1.54, 1.807) is 12.1 Å². The molecule has 2 aromatic heterocycles. The van der Waals surface area contributed by atoms with E-state index in [1.165, 1.54) is 23.5 Å². The number of aromatic amines is 1. The Hall–Kier alpha value is -3.26. The summed E-state index contributed by atoms with van der Waals surface area (Å²) in [7, 11) is 0. The molecule has 0 spiro atoms. The first kappa shape index (κ1) is 17.2. The standard InChI is InChI=1S/C19H15FN4O2S/c1-9-5-10(2)17(25)12(6-9)14-8-15(24-23-14)18(26)22-19-21-13-4-3-11(20)7-16(13)27-19/h3-8,25H,1-2H3,(H,23,24)(H,21,22,26). The maximum absolute atomic E-state index is 13.3. The molecule has 2 aromatic carbocycles. The minimum Gasteiger partial charge on any atom is -0.507 e. The molecule has 136 valence electrons. The molecule has 2 heterocycles. The Morgan fingerprint density at radius 2 is 2.04 bits per heavy atom.